The summed E-state index contributed by atoms with van der Waals surface area (Å²) in [5.74, 6) is 0.0263. The van der Waals surface area contributed by atoms with Crippen molar-refractivity contribution in [1.29, 1.82) is 0 Å². The summed E-state index contributed by atoms with van der Waals surface area (Å²) >= 11 is 0. The van der Waals surface area contributed by atoms with E-state index in [2.05, 4.69) is 15.5 Å². The number of nitrogens with one attached hydrogen (secondary N) is 2. The van der Waals surface area contributed by atoms with E-state index >= 15 is 0 Å². The zero-order chi connectivity index (χ0) is 18.1. The maximum Gasteiger partial charge on any atom is 0.264 e. The SMILES string of the molecule is Cc1ccccc1C1(C(=O)Nc2cccc(-c3ccc(=O)[nH]n3)c2)CC1. The number of H-pyrrole nitrogens is 1. The average molecular weight is 345 g/mol. The Kier molecular flexibility index (Phi) is 3.92. The molecular weight excluding hydrogens is 326 g/mol. The molecule has 0 bridgehead atoms. The summed E-state index contributed by atoms with van der Waals surface area (Å²) in [6, 6.07) is 18.7. The second kappa shape index (κ2) is 6.26. The molecule has 130 valence electrons. The number of amides is 1. The predicted octanol–water partition coefficient (Wildman–Crippen LogP) is 3.42. The Balaban J connectivity index is 1.59. The van der Waals surface area contributed by atoms with Crippen molar-refractivity contribution in [3.63, 3.8) is 0 Å². The summed E-state index contributed by atoms with van der Waals surface area (Å²) in [6.45, 7) is 2.05. The predicted molar refractivity (Wildman–Crippen MR) is 101 cm³/mol. The monoisotopic (exact) mass is 345 g/mol. The summed E-state index contributed by atoms with van der Waals surface area (Å²) in [6.07, 6.45) is 1.73. The first kappa shape index (κ1) is 16.3. The van der Waals surface area contributed by atoms with Gasteiger partial charge in [0.15, 0.2) is 0 Å². The van der Waals surface area contributed by atoms with E-state index in [1.807, 2.05) is 55.5 Å². The molecule has 1 aromatic heterocycles. The molecule has 4 rings (SSSR count). The van der Waals surface area contributed by atoms with E-state index in [1.54, 1.807) is 6.07 Å². The van der Waals surface area contributed by atoms with Crippen molar-refractivity contribution in [2.45, 2.75) is 25.2 Å². The fourth-order valence-electron chi connectivity index (χ4n) is 3.37. The summed E-state index contributed by atoms with van der Waals surface area (Å²) < 4.78 is 0. The van der Waals surface area contributed by atoms with Crippen LogP contribution in [0, 0.1) is 6.92 Å². The number of rotatable bonds is 4. The normalized spacial score (nSPS) is 14.7. The van der Waals surface area contributed by atoms with E-state index in [-0.39, 0.29) is 11.5 Å². The van der Waals surface area contributed by atoms with Gasteiger partial charge in [-0.3, -0.25) is 9.59 Å². The van der Waals surface area contributed by atoms with E-state index in [0.717, 1.165) is 35.2 Å². The van der Waals surface area contributed by atoms with Crippen LogP contribution in [0.15, 0.2) is 65.5 Å². The molecule has 26 heavy (non-hydrogen) atoms. The molecule has 0 atom stereocenters. The first-order valence-corrected chi connectivity index (χ1v) is 8.62. The van der Waals surface area contributed by atoms with Crippen molar-refractivity contribution in [1.82, 2.24) is 10.2 Å². The molecule has 1 amide bonds. The Morgan fingerprint density at radius 3 is 2.58 bits per heavy atom. The van der Waals surface area contributed by atoms with E-state index in [1.165, 1.54) is 6.07 Å². The van der Waals surface area contributed by atoms with Crippen LogP contribution < -0.4 is 10.9 Å². The van der Waals surface area contributed by atoms with E-state index in [4.69, 9.17) is 0 Å². The third-order valence-electron chi connectivity index (χ3n) is 4.94. The van der Waals surface area contributed by atoms with Gasteiger partial charge in [-0.05, 0) is 49.1 Å². The van der Waals surface area contributed by atoms with Gasteiger partial charge in [0.05, 0.1) is 11.1 Å². The quantitative estimate of drug-likeness (QED) is 0.761. The van der Waals surface area contributed by atoms with Gasteiger partial charge in [-0.25, -0.2) is 5.10 Å². The highest BCUT2D eigenvalue weighted by Gasteiger charge is 2.51. The van der Waals surface area contributed by atoms with Crippen molar-refractivity contribution >= 4 is 11.6 Å². The minimum Gasteiger partial charge on any atom is -0.325 e. The van der Waals surface area contributed by atoms with Crippen LogP contribution in [0.3, 0.4) is 0 Å². The molecular formula is C21H19N3O2. The molecule has 1 saturated carbocycles. The number of nitrogens with zero attached hydrogens (tertiary/aromatic N) is 1. The molecule has 5 heteroatoms. The highest BCUT2D eigenvalue weighted by atomic mass is 16.2. The maximum absolute atomic E-state index is 13.0. The molecule has 5 nitrogen and oxygen atoms in total. The molecule has 2 N–H and O–H groups in total. The smallest absolute Gasteiger partial charge is 0.264 e. The standard InChI is InChI=1S/C21H19N3O2/c1-14-5-2-3-8-17(14)21(11-12-21)20(26)22-16-7-4-6-15(13-16)18-9-10-19(25)24-23-18/h2-10,13H,11-12H2,1H3,(H,22,26)(H,24,25). The van der Waals surface area contributed by atoms with Crippen LogP contribution in [0.1, 0.15) is 24.0 Å². The summed E-state index contributed by atoms with van der Waals surface area (Å²) in [5, 5.41) is 9.52. The number of benzene rings is 2. The largest absolute Gasteiger partial charge is 0.325 e. The third-order valence-corrected chi connectivity index (χ3v) is 4.94. The number of aromatic amines is 1. The molecule has 1 aliphatic carbocycles. The first-order valence-electron chi connectivity index (χ1n) is 8.62. The molecule has 1 heterocycles. The number of anilines is 1. The first-order chi connectivity index (χ1) is 12.6. The second-order valence-electron chi connectivity index (χ2n) is 6.74. The van der Waals surface area contributed by atoms with Crippen LogP contribution in [-0.4, -0.2) is 16.1 Å². The number of carbonyl (C=O) groups excluding carboxylic acids is 1. The zero-order valence-electron chi connectivity index (χ0n) is 14.5. The van der Waals surface area contributed by atoms with Gasteiger partial charge in [-0.15, -0.1) is 0 Å². The van der Waals surface area contributed by atoms with Gasteiger partial charge in [-0.1, -0.05) is 36.4 Å². The van der Waals surface area contributed by atoms with Crippen LogP contribution in [0.5, 0.6) is 0 Å². The molecule has 0 aliphatic heterocycles. The summed E-state index contributed by atoms with van der Waals surface area (Å²) in [5.41, 5.74) is 3.80. The molecule has 0 spiro atoms. The van der Waals surface area contributed by atoms with Gasteiger partial charge in [0, 0.05) is 17.3 Å². The van der Waals surface area contributed by atoms with Crippen LogP contribution in [-0.2, 0) is 10.2 Å². The average Bonchev–Trinajstić information content (AvgIpc) is 3.45. The van der Waals surface area contributed by atoms with Gasteiger partial charge in [0.2, 0.25) is 5.91 Å². The second-order valence-corrected chi connectivity index (χ2v) is 6.74. The number of carbonyl (C=O) groups is 1. The lowest BCUT2D eigenvalue weighted by atomic mass is 9.91. The van der Waals surface area contributed by atoms with Crippen molar-refractivity contribution in [2.24, 2.45) is 0 Å². The molecule has 1 aliphatic rings. The lowest BCUT2D eigenvalue weighted by Gasteiger charge is -2.18. The van der Waals surface area contributed by atoms with Crippen molar-refractivity contribution in [3.05, 3.63) is 82.1 Å². The fourth-order valence-corrected chi connectivity index (χ4v) is 3.37. The Morgan fingerprint density at radius 1 is 1.08 bits per heavy atom. The third kappa shape index (κ3) is 2.92. The zero-order valence-corrected chi connectivity index (χ0v) is 14.5. The van der Waals surface area contributed by atoms with Crippen molar-refractivity contribution in [3.8, 4) is 11.3 Å². The minimum atomic E-state index is -0.419. The number of hydrogen-bond donors (Lipinski definition) is 2. The van der Waals surface area contributed by atoms with E-state index in [9.17, 15) is 9.59 Å². The minimum absolute atomic E-state index is 0.0263. The topological polar surface area (TPSA) is 74.8 Å². The van der Waals surface area contributed by atoms with Gasteiger partial charge in [0.1, 0.15) is 0 Å². The molecule has 3 aromatic rings. The van der Waals surface area contributed by atoms with Gasteiger partial charge < -0.3 is 5.32 Å². The Hall–Kier alpha value is -3.21. The fraction of sp³-hybridized carbons (Fsp3) is 0.190. The highest BCUT2D eigenvalue weighted by molar-refractivity contribution is 6.02. The molecule has 0 unspecified atom stereocenters. The molecule has 2 aromatic carbocycles. The summed E-state index contributed by atoms with van der Waals surface area (Å²) in [7, 11) is 0. The highest BCUT2D eigenvalue weighted by Crippen LogP contribution is 2.50. The Morgan fingerprint density at radius 2 is 1.88 bits per heavy atom. The van der Waals surface area contributed by atoms with Gasteiger partial charge in [-0.2, -0.15) is 5.10 Å². The van der Waals surface area contributed by atoms with Crippen LogP contribution >= 0.6 is 0 Å². The lowest BCUT2D eigenvalue weighted by Crippen LogP contribution is -2.28. The van der Waals surface area contributed by atoms with Gasteiger partial charge in [0.25, 0.3) is 5.56 Å². The number of aromatic nitrogens is 2. The van der Waals surface area contributed by atoms with Crippen LogP contribution in [0.2, 0.25) is 0 Å². The van der Waals surface area contributed by atoms with Crippen molar-refractivity contribution < 1.29 is 4.79 Å². The molecule has 0 radical (unpaired) electrons. The molecule has 1 fully saturated rings. The number of hydrogen-bond acceptors (Lipinski definition) is 3. The number of aryl methyl sites for hydroxylation is 1. The lowest BCUT2D eigenvalue weighted by molar-refractivity contribution is -0.118. The van der Waals surface area contributed by atoms with E-state index in [0.29, 0.717) is 5.69 Å². The Labute approximate surface area is 151 Å². The van der Waals surface area contributed by atoms with Crippen LogP contribution in [0.25, 0.3) is 11.3 Å². The molecule has 0 saturated heterocycles. The summed E-state index contributed by atoms with van der Waals surface area (Å²) in [4.78, 5) is 24.1. The Bertz CT molecular complexity index is 1010. The maximum atomic E-state index is 13.0. The van der Waals surface area contributed by atoms with Crippen molar-refractivity contribution in [2.75, 3.05) is 5.32 Å². The van der Waals surface area contributed by atoms with Crippen LogP contribution in [0.4, 0.5) is 5.69 Å². The van der Waals surface area contributed by atoms with Gasteiger partial charge >= 0.3 is 0 Å². The van der Waals surface area contributed by atoms with E-state index < -0.39 is 5.41 Å².